The van der Waals surface area contributed by atoms with Gasteiger partial charge in [-0.3, -0.25) is 4.99 Å². The number of hydrogen-bond donors (Lipinski definition) is 2. The van der Waals surface area contributed by atoms with E-state index in [1.54, 1.807) is 19.2 Å². The molecule has 0 aliphatic carbocycles. The highest BCUT2D eigenvalue weighted by Gasteiger charge is 2.22. The van der Waals surface area contributed by atoms with Gasteiger partial charge in [0.1, 0.15) is 0 Å². The number of rotatable bonds is 7. The van der Waals surface area contributed by atoms with E-state index in [4.69, 9.17) is 4.74 Å². The van der Waals surface area contributed by atoms with Crippen molar-refractivity contribution in [2.75, 3.05) is 39.0 Å². The van der Waals surface area contributed by atoms with Crippen LogP contribution in [0.25, 0.3) is 0 Å². The van der Waals surface area contributed by atoms with E-state index in [-0.39, 0.29) is 35.0 Å². The molecule has 2 saturated heterocycles. The van der Waals surface area contributed by atoms with Crippen molar-refractivity contribution in [1.82, 2.24) is 14.9 Å². The molecule has 0 radical (unpaired) electrons. The fourth-order valence-electron chi connectivity index (χ4n) is 3.55. The maximum absolute atomic E-state index is 12.5. The number of aliphatic imine (C=N–C) groups is 1. The Bertz CT molecular complexity index is 784. The summed E-state index contributed by atoms with van der Waals surface area (Å²) in [7, 11) is -1.71. The normalized spacial score (nSPS) is 22.6. The van der Waals surface area contributed by atoms with Crippen LogP contribution in [0.2, 0.25) is 0 Å². The van der Waals surface area contributed by atoms with Gasteiger partial charge in [-0.2, -0.15) is 11.8 Å². The number of hydrogen-bond acceptors (Lipinski definition) is 5. The molecule has 2 N–H and O–H groups in total. The minimum absolute atomic E-state index is 0. The zero-order chi connectivity index (χ0) is 20.7. The van der Waals surface area contributed by atoms with Gasteiger partial charge in [-0.1, -0.05) is 19.1 Å². The third kappa shape index (κ3) is 7.25. The molecule has 2 atom stereocenters. The van der Waals surface area contributed by atoms with Crippen LogP contribution < -0.4 is 10.0 Å². The van der Waals surface area contributed by atoms with E-state index in [0.717, 1.165) is 49.6 Å². The quantitative estimate of drug-likeness (QED) is 0.299. The summed E-state index contributed by atoms with van der Waals surface area (Å²) in [6.45, 7) is 5.88. The molecule has 0 spiro atoms. The standard InChI is InChI=1S/C20H32N4O3S2.HI/c1-3-18-15-24(10-12-28-18)20(21-2)22-13-16-6-8-19(9-7-16)29(25,26)23-14-17-5-4-11-27-17;/h6-9,17-18,23H,3-5,10-15H2,1-2H3,(H,21,22);1H. The van der Waals surface area contributed by atoms with Crippen molar-refractivity contribution < 1.29 is 13.2 Å². The molecule has 0 aromatic heterocycles. The molecule has 30 heavy (non-hydrogen) atoms. The van der Waals surface area contributed by atoms with Crippen LogP contribution in [0.1, 0.15) is 31.7 Å². The van der Waals surface area contributed by atoms with Crippen molar-refractivity contribution in [2.24, 2.45) is 4.99 Å². The maximum Gasteiger partial charge on any atom is 0.240 e. The van der Waals surface area contributed by atoms with Gasteiger partial charge in [-0.05, 0) is 37.0 Å². The second-order valence-corrected chi connectivity index (χ2v) is 10.6. The fraction of sp³-hybridized carbons (Fsp3) is 0.650. The van der Waals surface area contributed by atoms with Crippen LogP contribution in [-0.4, -0.2) is 69.7 Å². The van der Waals surface area contributed by atoms with E-state index in [1.807, 2.05) is 23.9 Å². The van der Waals surface area contributed by atoms with Crippen molar-refractivity contribution in [3.63, 3.8) is 0 Å². The summed E-state index contributed by atoms with van der Waals surface area (Å²) < 4.78 is 33.1. The van der Waals surface area contributed by atoms with Crippen molar-refractivity contribution in [3.05, 3.63) is 29.8 Å². The van der Waals surface area contributed by atoms with Crippen molar-refractivity contribution in [2.45, 2.75) is 49.0 Å². The molecule has 2 aliphatic heterocycles. The van der Waals surface area contributed by atoms with Gasteiger partial charge >= 0.3 is 0 Å². The third-order valence-electron chi connectivity index (χ3n) is 5.31. The number of nitrogens with one attached hydrogen (secondary N) is 2. The van der Waals surface area contributed by atoms with E-state index >= 15 is 0 Å². The molecule has 1 aromatic rings. The summed E-state index contributed by atoms with van der Waals surface area (Å²) in [6, 6.07) is 7.01. The van der Waals surface area contributed by atoms with Crippen LogP contribution in [0.15, 0.2) is 34.2 Å². The minimum Gasteiger partial charge on any atom is -0.377 e. The van der Waals surface area contributed by atoms with E-state index in [2.05, 4.69) is 26.9 Å². The predicted molar refractivity (Wildman–Crippen MR) is 134 cm³/mol. The second kappa shape index (κ2) is 12.5. The summed E-state index contributed by atoms with van der Waals surface area (Å²) in [5.74, 6) is 2.02. The molecular formula is C20H33IN4O3S2. The lowest BCUT2D eigenvalue weighted by molar-refractivity contribution is 0.114. The first-order valence-electron chi connectivity index (χ1n) is 10.3. The number of benzene rings is 1. The van der Waals surface area contributed by atoms with Crippen LogP contribution in [0.4, 0.5) is 0 Å². The van der Waals surface area contributed by atoms with Gasteiger partial charge in [0.2, 0.25) is 10.0 Å². The lowest BCUT2D eigenvalue weighted by Crippen LogP contribution is -2.47. The summed E-state index contributed by atoms with van der Waals surface area (Å²) >= 11 is 2.03. The van der Waals surface area contributed by atoms with Crippen LogP contribution >= 0.6 is 35.7 Å². The Morgan fingerprint density at radius 1 is 1.33 bits per heavy atom. The maximum atomic E-state index is 12.5. The first kappa shape index (κ1) is 25.7. The molecular weight excluding hydrogens is 535 g/mol. The Kier molecular flexibility index (Phi) is 10.7. The van der Waals surface area contributed by atoms with Crippen molar-refractivity contribution in [3.8, 4) is 0 Å². The molecule has 2 fully saturated rings. The molecule has 0 amide bonds. The predicted octanol–water partition coefficient (Wildman–Crippen LogP) is 2.66. The largest absolute Gasteiger partial charge is 0.377 e. The summed E-state index contributed by atoms with van der Waals surface area (Å²) in [5.41, 5.74) is 1.02. The lowest BCUT2D eigenvalue weighted by atomic mass is 10.2. The Morgan fingerprint density at radius 3 is 2.73 bits per heavy atom. The topological polar surface area (TPSA) is 83.0 Å². The molecule has 2 heterocycles. The van der Waals surface area contributed by atoms with Gasteiger partial charge in [0.15, 0.2) is 5.96 Å². The van der Waals surface area contributed by atoms with Crippen LogP contribution in [0, 0.1) is 0 Å². The highest BCUT2D eigenvalue weighted by molar-refractivity contribution is 14.0. The van der Waals surface area contributed by atoms with E-state index in [1.165, 1.54) is 0 Å². The second-order valence-electron chi connectivity index (χ2n) is 7.38. The van der Waals surface area contributed by atoms with Gasteiger partial charge < -0.3 is 15.0 Å². The van der Waals surface area contributed by atoms with Gasteiger partial charge in [-0.25, -0.2) is 13.1 Å². The average Bonchev–Trinajstić information content (AvgIpc) is 3.27. The zero-order valence-electron chi connectivity index (χ0n) is 17.7. The van der Waals surface area contributed by atoms with Gasteiger partial charge in [0.05, 0.1) is 11.0 Å². The molecule has 0 bridgehead atoms. The van der Waals surface area contributed by atoms with Gasteiger partial charge in [0.25, 0.3) is 0 Å². The number of halogens is 1. The van der Waals surface area contributed by atoms with Crippen LogP contribution in [0.5, 0.6) is 0 Å². The number of ether oxygens (including phenoxy) is 1. The first-order chi connectivity index (χ1) is 14.0. The number of nitrogens with zero attached hydrogens (tertiary/aromatic N) is 2. The summed E-state index contributed by atoms with van der Waals surface area (Å²) in [5, 5.41) is 4.05. The van der Waals surface area contributed by atoms with Crippen molar-refractivity contribution >= 4 is 51.7 Å². The highest BCUT2D eigenvalue weighted by Crippen LogP contribution is 2.21. The van der Waals surface area contributed by atoms with Crippen molar-refractivity contribution in [1.29, 1.82) is 0 Å². The fourth-order valence-corrected chi connectivity index (χ4v) is 5.80. The number of sulfonamides is 1. The van der Waals surface area contributed by atoms with Gasteiger partial charge in [0, 0.05) is 50.8 Å². The molecule has 0 saturated carbocycles. The van der Waals surface area contributed by atoms with E-state index in [9.17, 15) is 8.42 Å². The molecule has 10 heteroatoms. The third-order valence-corrected chi connectivity index (χ3v) is 8.13. The molecule has 2 aliphatic rings. The molecule has 2 unspecified atom stereocenters. The first-order valence-corrected chi connectivity index (χ1v) is 12.8. The zero-order valence-corrected chi connectivity index (χ0v) is 21.6. The minimum atomic E-state index is -3.51. The number of thioether (sulfide) groups is 1. The molecule has 3 rings (SSSR count). The highest BCUT2D eigenvalue weighted by atomic mass is 127. The summed E-state index contributed by atoms with van der Waals surface area (Å²) in [4.78, 5) is 7.00. The van der Waals surface area contributed by atoms with E-state index < -0.39 is 10.0 Å². The Hall–Kier alpha value is -0.560. The van der Waals surface area contributed by atoms with E-state index in [0.29, 0.717) is 24.9 Å². The van der Waals surface area contributed by atoms with Crippen LogP contribution in [0.3, 0.4) is 0 Å². The molecule has 7 nitrogen and oxygen atoms in total. The summed E-state index contributed by atoms with van der Waals surface area (Å²) in [6.07, 6.45) is 3.05. The lowest BCUT2D eigenvalue weighted by Gasteiger charge is -2.34. The SMILES string of the molecule is CCC1CN(C(=NC)NCc2ccc(S(=O)(=O)NCC3CCCO3)cc2)CCS1.I. The monoisotopic (exact) mass is 568 g/mol. The smallest absolute Gasteiger partial charge is 0.240 e. The van der Waals surface area contributed by atoms with Crippen LogP contribution in [-0.2, 0) is 21.3 Å². The molecule has 170 valence electrons. The Morgan fingerprint density at radius 2 is 2.10 bits per heavy atom. The Labute approximate surface area is 201 Å². The van der Waals surface area contributed by atoms with Gasteiger partial charge in [-0.15, -0.1) is 24.0 Å². The number of guanidine groups is 1. The average molecular weight is 569 g/mol. The Balaban J connectivity index is 0.00000320. The molecule has 1 aromatic carbocycles.